The number of benzene rings is 1. The number of aromatic amines is 1. The molecule has 13 heteroatoms. The van der Waals surface area contributed by atoms with Crippen LogP contribution < -0.4 is 0 Å². The molecule has 1 aromatic heterocycles. The minimum absolute atomic E-state index is 0.0791. The van der Waals surface area contributed by atoms with Crippen molar-refractivity contribution in [3.8, 4) is 12.3 Å². The average molecular weight is 835 g/mol. The van der Waals surface area contributed by atoms with E-state index < -0.39 is 69.2 Å². The second kappa shape index (κ2) is 13.5. The van der Waals surface area contributed by atoms with E-state index in [-0.39, 0.29) is 12.0 Å². The first-order valence-corrected chi connectivity index (χ1v) is 22.0. The molecular weight excluding hydrogens is 777 g/mol. The number of aromatic nitrogens is 1. The number of likely N-dealkylation sites (N-methyl/N-ethyl adjacent to an activating group) is 1. The summed E-state index contributed by atoms with van der Waals surface area (Å²) >= 11 is 0. The Labute approximate surface area is 357 Å². The summed E-state index contributed by atoms with van der Waals surface area (Å²) in [4.78, 5) is 53.9. The molecule has 2 N–H and O–H groups in total. The SMILES string of the molecule is C#Cc1ccc2[nH]c3c(c2c1)CCN1C[C@H](C[C@@](O)(CC)C1)C[C@]3(C(=O)OC)C1C=C2C(=CC1OC)N(C)[C@@]13O[C@]1(C(=O)OC)[C@H](OC(C)=O)[C@]1(CC)C=CCN4CC[C@]23[C@@H]41. The number of esters is 3. The third kappa shape index (κ3) is 4.83. The van der Waals surface area contributed by atoms with Crippen LogP contribution in [0.4, 0.5) is 0 Å². The van der Waals surface area contributed by atoms with E-state index in [2.05, 4.69) is 56.8 Å². The number of hydrogen-bond acceptors (Lipinski definition) is 12. The number of ether oxygens (including phenoxy) is 5. The number of nitrogens with zero attached hydrogens (tertiary/aromatic N) is 3. The molecule has 2 aromatic rings. The van der Waals surface area contributed by atoms with Gasteiger partial charge in [0.25, 0.3) is 5.60 Å². The Morgan fingerprint density at radius 3 is 2.54 bits per heavy atom. The predicted octanol–water partition coefficient (Wildman–Crippen LogP) is 3.98. The number of piperidine rings is 1. The van der Waals surface area contributed by atoms with Crippen molar-refractivity contribution in [1.82, 2.24) is 19.7 Å². The van der Waals surface area contributed by atoms with Gasteiger partial charge in [-0.2, -0.15) is 0 Å². The number of nitrogens with one attached hydrogen (secondary N) is 1. The van der Waals surface area contributed by atoms with E-state index >= 15 is 4.79 Å². The fraction of sp³-hybridized carbons (Fsp3) is 0.604. The number of fused-ring (bicyclic) bond motifs is 6. The van der Waals surface area contributed by atoms with E-state index in [1.807, 2.05) is 32.2 Å². The van der Waals surface area contributed by atoms with Crippen LogP contribution >= 0.6 is 0 Å². The molecule has 2 bridgehead atoms. The fourth-order valence-electron chi connectivity index (χ4n) is 14.5. The molecule has 4 saturated heterocycles. The molecule has 10 rings (SSSR count). The van der Waals surface area contributed by atoms with Crippen molar-refractivity contribution >= 4 is 28.8 Å². The Bertz CT molecular complexity index is 2380. The lowest BCUT2D eigenvalue weighted by Gasteiger charge is -2.58. The normalized spacial score (nSPS) is 41.6. The van der Waals surface area contributed by atoms with Crippen LogP contribution in [0.1, 0.15) is 69.7 Å². The van der Waals surface area contributed by atoms with Gasteiger partial charge in [0.05, 0.1) is 31.3 Å². The van der Waals surface area contributed by atoms with E-state index in [1.165, 1.54) is 21.1 Å². The number of aliphatic hydroxyl groups is 1. The quantitative estimate of drug-likeness (QED) is 0.137. The second-order valence-electron chi connectivity index (χ2n) is 19.1. The van der Waals surface area contributed by atoms with E-state index in [4.69, 9.17) is 30.1 Å². The molecule has 6 aliphatic heterocycles. The number of allylic oxidation sites excluding steroid dienone is 1. The number of carbonyl (C=O) groups is 3. The average Bonchev–Trinajstić information content (AvgIpc) is 3.51. The number of terminal acetylenes is 1. The van der Waals surface area contributed by atoms with Crippen molar-refractivity contribution in [3.05, 3.63) is 70.6 Å². The Morgan fingerprint density at radius 1 is 1.07 bits per heavy atom. The van der Waals surface area contributed by atoms with Crippen molar-refractivity contribution in [3.63, 3.8) is 0 Å². The monoisotopic (exact) mass is 834 g/mol. The molecule has 0 amide bonds. The number of epoxide rings is 1. The summed E-state index contributed by atoms with van der Waals surface area (Å²) in [5.41, 5.74) is -1.63. The summed E-state index contributed by atoms with van der Waals surface area (Å²) in [6.07, 6.45) is 16.3. The third-order valence-electron chi connectivity index (χ3n) is 16.7. The van der Waals surface area contributed by atoms with Gasteiger partial charge in [-0.05, 0) is 86.4 Å². The molecule has 8 aliphatic rings. The standard InChI is InChI=1S/C48H58N4O9/c1-9-29-13-14-35-32(21-29)31-15-19-51-26-30(24-43(56,10-2)27-51)25-45(38(31)49-35,41(54)58-7)34-22-33-36(23-37(34)57-6)50(5)48-46(33)17-20-52-18-12-16-44(11-3,39(46)52)40(60-28(4)53)47(48,61-48)42(55)59-8/h1,12-14,16,21-23,30,34,37,39-40,49,56H,10-11,15,17-20,24-27H2,2-8H3/t30-,34?,37?,39+,40-,43+,44-,45+,46-,47+,48+/m1/s1. The topological polar surface area (TPSA) is 146 Å². The van der Waals surface area contributed by atoms with E-state index in [1.54, 1.807) is 7.11 Å². The van der Waals surface area contributed by atoms with Crippen LogP contribution in [0.25, 0.3) is 10.9 Å². The number of hydrogen-bond donors (Lipinski definition) is 2. The number of H-pyrrole nitrogens is 1. The molecule has 1 saturated carbocycles. The molecule has 7 heterocycles. The molecule has 3 unspecified atom stereocenters. The lowest BCUT2D eigenvalue weighted by molar-refractivity contribution is -0.182. The maximum absolute atomic E-state index is 15.5. The van der Waals surface area contributed by atoms with Crippen molar-refractivity contribution in [2.24, 2.45) is 22.7 Å². The second-order valence-corrected chi connectivity index (χ2v) is 19.1. The number of likely N-dealkylation sites (tertiary alicyclic amines) is 1. The maximum Gasteiger partial charge on any atom is 0.347 e. The Hall–Kier alpha value is -4.45. The van der Waals surface area contributed by atoms with Crippen LogP contribution in [0.15, 0.2) is 53.8 Å². The van der Waals surface area contributed by atoms with Gasteiger partial charge in [-0.25, -0.2) is 4.79 Å². The van der Waals surface area contributed by atoms with Crippen LogP contribution in [-0.4, -0.2) is 139 Å². The number of carbonyl (C=O) groups excluding carboxylic acids is 3. The molecule has 0 radical (unpaired) electrons. The van der Waals surface area contributed by atoms with Crippen LogP contribution in [0.2, 0.25) is 0 Å². The first-order valence-electron chi connectivity index (χ1n) is 22.0. The highest BCUT2D eigenvalue weighted by Gasteiger charge is 2.99. The highest BCUT2D eigenvalue weighted by Crippen LogP contribution is 2.82. The zero-order valence-corrected chi connectivity index (χ0v) is 36.3. The summed E-state index contributed by atoms with van der Waals surface area (Å²) in [6.45, 7) is 8.85. The van der Waals surface area contributed by atoms with Gasteiger partial charge < -0.3 is 38.7 Å². The fourth-order valence-corrected chi connectivity index (χ4v) is 14.5. The van der Waals surface area contributed by atoms with Gasteiger partial charge in [-0.1, -0.05) is 38.0 Å². The van der Waals surface area contributed by atoms with E-state index in [0.29, 0.717) is 71.2 Å². The summed E-state index contributed by atoms with van der Waals surface area (Å²) in [5.74, 6) is 0.631. The van der Waals surface area contributed by atoms with E-state index in [9.17, 15) is 14.7 Å². The van der Waals surface area contributed by atoms with Gasteiger partial charge in [-0.3, -0.25) is 19.4 Å². The minimum Gasteiger partial charge on any atom is -0.468 e. The highest BCUT2D eigenvalue weighted by molar-refractivity contribution is 5.93. The van der Waals surface area contributed by atoms with Crippen molar-refractivity contribution in [2.45, 2.75) is 99.9 Å². The summed E-state index contributed by atoms with van der Waals surface area (Å²) < 4.78 is 31.7. The van der Waals surface area contributed by atoms with Crippen molar-refractivity contribution in [1.29, 1.82) is 0 Å². The zero-order valence-electron chi connectivity index (χ0n) is 36.3. The maximum atomic E-state index is 15.5. The first-order chi connectivity index (χ1) is 29.2. The van der Waals surface area contributed by atoms with Crippen LogP contribution in [0, 0.1) is 35.0 Å². The van der Waals surface area contributed by atoms with Gasteiger partial charge in [0, 0.05) is 92.5 Å². The Kier molecular flexibility index (Phi) is 9.00. The van der Waals surface area contributed by atoms with Gasteiger partial charge in [-0.15, -0.1) is 6.42 Å². The van der Waals surface area contributed by atoms with Crippen LogP contribution in [0.3, 0.4) is 0 Å². The summed E-state index contributed by atoms with van der Waals surface area (Å²) in [5, 5.41) is 13.0. The highest BCUT2D eigenvalue weighted by atomic mass is 16.7. The van der Waals surface area contributed by atoms with Crippen LogP contribution in [0.5, 0.6) is 0 Å². The lowest BCUT2D eigenvalue weighted by atomic mass is 9.48. The minimum atomic E-state index is -1.66. The summed E-state index contributed by atoms with van der Waals surface area (Å²) in [6, 6.07) is 5.70. The van der Waals surface area contributed by atoms with Crippen molar-refractivity contribution < 1.29 is 43.2 Å². The largest absolute Gasteiger partial charge is 0.468 e. The van der Waals surface area contributed by atoms with Gasteiger partial charge in [0.1, 0.15) is 5.41 Å². The van der Waals surface area contributed by atoms with Gasteiger partial charge >= 0.3 is 17.9 Å². The lowest BCUT2D eigenvalue weighted by Crippen LogP contribution is -2.73. The number of methoxy groups -OCH3 is 3. The smallest absolute Gasteiger partial charge is 0.347 e. The zero-order chi connectivity index (χ0) is 43.1. The molecule has 1 aromatic carbocycles. The van der Waals surface area contributed by atoms with Crippen molar-refractivity contribution in [2.75, 3.05) is 61.1 Å². The van der Waals surface area contributed by atoms with Crippen LogP contribution in [-0.2, 0) is 49.9 Å². The van der Waals surface area contributed by atoms with Gasteiger partial charge in [0.15, 0.2) is 11.8 Å². The predicted molar refractivity (Wildman–Crippen MR) is 225 cm³/mol. The molecule has 13 nitrogen and oxygen atoms in total. The molecular formula is C48H58N4O9. The Balaban J connectivity index is 1.26. The molecule has 324 valence electrons. The molecule has 12 atom stereocenters. The van der Waals surface area contributed by atoms with E-state index in [0.717, 1.165) is 39.0 Å². The Morgan fingerprint density at radius 2 is 1.85 bits per heavy atom. The van der Waals surface area contributed by atoms with Gasteiger partial charge in [0.2, 0.25) is 0 Å². The molecule has 2 aliphatic carbocycles. The first kappa shape index (κ1) is 40.6. The molecule has 5 fully saturated rings. The number of rotatable bonds is 7. The third-order valence-corrected chi connectivity index (χ3v) is 16.7. The molecule has 2 spiro atoms. The molecule has 61 heavy (non-hydrogen) atoms. The summed E-state index contributed by atoms with van der Waals surface area (Å²) in [7, 11) is 6.44.